The third kappa shape index (κ3) is 3.29. The van der Waals surface area contributed by atoms with Crippen LogP contribution in [0.1, 0.15) is 48.9 Å². The van der Waals surface area contributed by atoms with Crippen LogP contribution in [0.4, 0.5) is 4.39 Å². The summed E-state index contributed by atoms with van der Waals surface area (Å²) in [6.07, 6.45) is 5.16. The van der Waals surface area contributed by atoms with E-state index in [4.69, 9.17) is 4.52 Å². The molecule has 2 unspecified atom stereocenters. The maximum absolute atomic E-state index is 13.2. The summed E-state index contributed by atoms with van der Waals surface area (Å²) in [5, 5.41) is 7.39. The normalized spacial score (nSPS) is 22.4. The Labute approximate surface area is 123 Å². The summed E-state index contributed by atoms with van der Waals surface area (Å²) in [5.41, 5.74) is 0.858. The van der Waals surface area contributed by atoms with E-state index in [2.05, 4.69) is 15.5 Å². The number of likely N-dealkylation sites (N-methyl/N-ethyl adjacent to an activating group) is 1. The third-order valence-corrected chi connectivity index (χ3v) is 4.19. The molecule has 1 fully saturated rings. The lowest BCUT2D eigenvalue weighted by Gasteiger charge is -2.28. The van der Waals surface area contributed by atoms with Gasteiger partial charge < -0.3 is 9.84 Å². The largest absolute Gasteiger partial charge is 0.339 e. The highest BCUT2D eigenvalue weighted by molar-refractivity contribution is 5.20. The average Bonchev–Trinajstić information content (AvgIpc) is 2.95. The molecular weight excluding hydrogens is 269 g/mol. The lowest BCUT2D eigenvalue weighted by Crippen LogP contribution is -2.34. The summed E-state index contributed by atoms with van der Waals surface area (Å²) in [5.74, 6) is 1.38. The van der Waals surface area contributed by atoms with Gasteiger partial charge in [0, 0.05) is 12.5 Å². The number of halogens is 1. The summed E-state index contributed by atoms with van der Waals surface area (Å²) >= 11 is 0. The first-order valence-corrected chi connectivity index (χ1v) is 7.50. The van der Waals surface area contributed by atoms with Gasteiger partial charge in [0.15, 0.2) is 5.82 Å². The Morgan fingerprint density at radius 1 is 1.33 bits per heavy atom. The Morgan fingerprint density at radius 3 is 3.00 bits per heavy atom. The minimum Gasteiger partial charge on any atom is -0.339 e. The number of hydrogen-bond donors (Lipinski definition) is 1. The van der Waals surface area contributed by atoms with Crippen molar-refractivity contribution in [3.8, 4) is 0 Å². The van der Waals surface area contributed by atoms with Crippen molar-refractivity contribution in [2.24, 2.45) is 0 Å². The Bertz CT molecular complexity index is 599. The fourth-order valence-corrected chi connectivity index (χ4v) is 3.09. The average molecular weight is 289 g/mol. The van der Waals surface area contributed by atoms with Gasteiger partial charge in [-0.1, -0.05) is 30.1 Å². The molecule has 5 heteroatoms. The molecule has 0 radical (unpaired) electrons. The van der Waals surface area contributed by atoms with Crippen LogP contribution >= 0.6 is 0 Å². The van der Waals surface area contributed by atoms with Crippen molar-refractivity contribution in [3.05, 3.63) is 47.4 Å². The summed E-state index contributed by atoms with van der Waals surface area (Å²) in [6.45, 7) is 0. The van der Waals surface area contributed by atoms with Gasteiger partial charge in [-0.3, -0.25) is 0 Å². The van der Waals surface area contributed by atoms with E-state index in [1.807, 2.05) is 13.1 Å². The van der Waals surface area contributed by atoms with E-state index in [-0.39, 0.29) is 11.7 Å². The first-order valence-electron chi connectivity index (χ1n) is 7.50. The van der Waals surface area contributed by atoms with Crippen LogP contribution < -0.4 is 5.32 Å². The first kappa shape index (κ1) is 14.2. The van der Waals surface area contributed by atoms with E-state index in [0.717, 1.165) is 18.4 Å². The predicted octanol–water partition coefficient (Wildman–Crippen LogP) is 3.05. The van der Waals surface area contributed by atoms with Crippen molar-refractivity contribution in [2.75, 3.05) is 7.05 Å². The van der Waals surface area contributed by atoms with E-state index >= 15 is 0 Å². The molecule has 1 heterocycles. The van der Waals surface area contributed by atoms with Crippen LogP contribution in [0.2, 0.25) is 0 Å². The fourth-order valence-electron chi connectivity index (χ4n) is 3.09. The molecule has 1 aromatic carbocycles. The van der Waals surface area contributed by atoms with Crippen molar-refractivity contribution in [2.45, 2.75) is 44.1 Å². The second-order valence-electron chi connectivity index (χ2n) is 5.64. The van der Waals surface area contributed by atoms with Crippen molar-refractivity contribution in [1.82, 2.24) is 15.5 Å². The number of nitrogens with one attached hydrogen (secondary N) is 1. The van der Waals surface area contributed by atoms with E-state index < -0.39 is 0 Å². The Hall–Kier alpha value is -1.75. The zero-order chi connectivity index (χ0) is 14.7. The summed E-state index contributed by atoms with van der Waals surface area (Å²) in [7, 11) is 1.98. The lowest BCUT2D eigenvalue weighted by atomic mass is 9.84. The van der Waals surface area contributed by atoms with Crippen LogP contribution in [0, 0.1) is 5.82 Å². The van der Waals surface area contributed by atoms with Crippen LogP contribution in [0.5, 0.6) is 0 Å². The quantitative estimate of drug-likeness (QED) is 0.940. The van der Waals surface area contributed by atoms with Gasteiger partial charge >= 0.3 is 0 Å². The van der Waals surface area contributed by atoms with Crippen molar-refractivity contribution in [1.29, 1.82) is 0 Å². The van der Waals surface area contributed by atoms with Crippen molar-refractivity contribution < 1.29 is 8.91 Å². The highest BCUT2D eigenvalue weighted by Gasteiger charge is 2.29. The second-order valence-corrected chi connectivity index (χ2v) is 5.64. The molecule has 0 amide bonds. The number of rotatable bonds is 4. The summed E-state index contributed by atoms with van der Waals surface area (Å²) in [4.78, 5) is 4.52. The molecule has 0 spiro atoms. The Morgan fingerprint density at radius 2 is 2.19 bits per heavy atom. The van der Waals surface area contributed by atoms with Crippen LogP contribution in [-0.4, -0.2) is 23.2 Å². The maximum Gasteiger partial charge on any atom is 0.231 e. The lowest BCUT2D eigenvalue weighted by molar-refractivity contribution is 0.269. The van der Waals surface area contributed by atoms with Gasteiger partial charge in [0.05, 0.1) is 5.92 Å². The smallest absolute Gasteiger partial charge is 0.231 e. The standard InChI is InChI=1S/C16H20FN3O/c1-18-14-8-3-2-7-13(14)16-19-15(20-21-16)10-11-5-4-6-12(17)9-11/h4-6,9,13-14,18H,2-3,7-8,10H2,1H3. The SMILES string of the molecule is CNC1CCCCC1c1nc(Cc2cccc(F)c2)no1. The molecule has 3 rings (SSSR count). The molecule has 21 heavy (non-hydrogen) atoms. The van der Waals surface area contributed by atoms with Gasteiger partial charge in [0.25, 0.3) is 0 Å². The molecule has 2 aromatic rings. The minimum atomic E-state index is -0.237. The van der Waals surface area contributed by atoms with Crippen LogP contribution in [-0.2, 0) is 6.42 Å². The molecule has 0 saturated heterocycles. The molecule has 1 aliphatic carbocycles. The van der Waals surface area contributed by atoms with Crippen LogP contribution in [0.15, 0.2) is 28.8 Å². The number of hydrogen-bond acceptors (Lipinski definition) is 4. The molecule has 0 aliphatic heterocycles. The Kier molecular flexibility index (Phi) is 4.29. The van der Waals surface area contributed by atoms with E-state index in [1.165, 1.54) is 25.0 Å². The Balaban J connectivity index is 1.73. The molecule has 1 N–H and O–H groups in total. The molecular formula is C16H20FN3O. The second kappa shape index (κ2) is 6.35. The molecule has 1 aliphatic rings. The van der Waals surface area contributed by atoms with Crippen LogP contribution in [0.3, 0.4) is 0 Å². The van der Waals surface area contributed by atoms with Crippen LogP contribution in [0.25, 0.3) is 0 Å². The molecule has 0 bridgehead atoms. The predicted molar refractivity (Wildman–Crippen MR) is 77.6 cm³/mol. The topological polar surface area (TPSA) is 51.0 Å². The number of nitrogens with zero attached hydrogens (tertiary/aromatic N) is 2. The number of aromatic nitrogens is 2. The van der Waals surface area contributed by atoms with Gasteiger partial charge in [-0.2, -0.15) is 4.98 Å². The van der Waals surface area contributed by atoms with E-state index in [0.29, 0.717) is 24.2 Å². The fraction of sp³-hybridized carbons (Fsp3) is 0.500. The van der Waals surface area contributed by atoms with Gasteiger partial charge in [0.1, 0.15) is 5.82 Å². The van der Waals surface area contributed by atoms with Crippen molar-refractivity contribution >= 4 is 0 Å². The molecule has 112 valence electrons. The molecule has 4 nitrogen and oxygen atoms in total. The summed E-state index contributed by atoms with van der Waals surface area (Å²) < 4.78 is 18.6. The minimum absolute atomic E-state index is 0.237. The maximum atomic E-state index is 13.2. The molecule has 2 atom stereocenters. The van der Waals surface area contributed by atoms with E-state index in [1.54, 1.807) is 6.07 Å². The monoisotopic (exact) mass is 289 g/mol. The van der Waals surface area contributed by atoms with E-state index in [9.17, 15) is 4.39 Å². The van der Waals surface area contributed by atoms with Gasteiger partial charge in [-0.05, 0) is 37.6 Å². The van der Waals surface area contributed by atoms with Gasteiger partial charge in [0.2, 0.25) is 5.89 Å². The van der Waals surface area contributed by atoms with Gasteiger partial charge in [-0.25, -0.2) is 4.39 Å². The zero-order valence-corrected chi connectivity index (χ0v) is 12.2. The summed E-state index contributed by atoms with van der Waals surface area (Å²) in [6, 6.07) is 6.92. The number of benzene rings is 1. The van der Waals surface area contributed by atoms with Crippen molar-refractivity contribution in [3.63, 3.8) is 0 Å². The third-order valence-electron chi connectivity index (χ3n) is 4.19. The molecule has 1 saturated carbocycles. The zero-order valence-electron chi connectivity index (χ0n) is 12.2. The van der Waals surface area contributed by atoms with Gasteiger partial charge in [-0.15, -0.1) is 0 Å². The highest BCUT2D eigenvalue weighted by Crippen LogP contribution is 2.32. The highest BCUT2D eigenvalue weighted by atomic mass is 19.1. The first-order chi connectivity index (χ1) is 10.3. The molecule has 1 aromatic heterocycles.